The van der Waals surface area contributed by atoms with Crippen molar-refractivity contribution in [3.05, 3.63) is 102 Å². The lowest BCUT2D eigenvalue weighted by Gasteiger charge is -2.21. The predicted molar refractivity (Wildman–Crippen MR) is 111 cm³/mol. The molecular weight excluding hydrogens is 334 g/mol. The molecule has 0 aliphatic carbocycles. The van der Waals surface area contributed by atoms with E-state index in [0.29, 0.717) is 6.54 Å². The van der Waals surface area contributed by atoms with E-state index in [1.807, 2.05) is 95.9 Å². The smallest absolute Gasteiger partial charge is 0.250 e. The highest BCUT2D eigenvalue weighted by Gasteiger charge is 2.13. The average molecular weight is 357 g/mol. The largest absolute Gasteiger partial charge is 0.497 e. The highest BCUT2D eigenvalue weighted by atomic mass is 16.5. The van der Waals surface area contributed by atoms with Crippen LogP contribution in [-0.4, -0.2) is 19.6 Å². The van der Waals surface area contributed by atoms with Gasteiger partial charge in [-0.2, -0.15) is 0 Å². The van der Waals surface area contributed by atoms with E-state index in [1.54, 1.807) is 13.2 Å². The zero-order valence-electron chi connectivity index (χ0n) is 15.4. The van der Waals surface area contributed by atoms with Crippen molar-refractivity contribution in [2.45, 2.75) is 6.42 Å². The van der Waals surface area contributed by atoms with E-state index in [1.165, 1.54) is 0 Å². The lowest BCUT2D eigenvalue weighted by atomic mass is 10.1. The number of methoxy groups -OCH3 is 1. The van der Waals surface area contributed by atoms with Gasteiger partial charge in [-0.05, 0) is 47.9 Å². The Morgan fingerprint density at radius 1 is 0.889 bits per heavy atom. The van der Waals surface area contributed by atoms with Crippen molar-refractivity contribution < 1.29 is 9.53 Å². The molecule has 1 amide bonds. The second kappa shape index (κ2) is 9.39. The van der Waals surface area contributed by atoms with E-state index in [-0.39, 0.29) is 5.91 Å². The number of carbonyl (C=O) groups is 1. The number of hydrogen-bond donors (Lipinski definition) is 0. The molecule has 0 aliphatic heterocycles. The first kappa shape index (κ1) is 18.5. The first-order valence-electron chi connectivity index (χ1n) is 8.99. The van der Waals surface area contributed by atoms with Gasteiger partial charge < -0.3 is 9.64 Å². The first-order valence-corrected chi connectivity index (χ1v) is 8.99. The topological polar surface area (TPSA) is 29.5 Å². The molecule has 27 heavy (non-hydrogen) atoms. The van der Waals surface area contributed by atoms with Crippen LogP contribution in [0, 0.1) is 0 Å². The molecule has 0 saturated heterocycles. The van der Waals surface area contributed by atoms with Gasteiger partial charge in [-0.1, -0.05) is 60.7 Å². The Hall–Kier alpha value is -3.33. The fourth-order valence-corrected chi connectivity index (χ4v) is 2.83. The van der Waals surface area contributed by atoms with Crippen LogP contribution >= 0.6 is 0 Å². The average Bonchev–Trinajstić information content (AvgIpc) is 2.74. The Morgan fingerprint density at radius 2 is 1.52 bits per heavy atom. The number of rotatable bonds is 7. The predicted octanol–water partition coefficient (Wildman–Crippen LogP) is 4.98. The molecule has 0 spiro atoms. The van der Waals surface area contributed by atoms with E-state index >= 15 is 0 Å². The second-order valence-electron chi connectivity index (χ2n) is 6.17. The van der Waals surface area contributed by atoms with Gasteiger partial charge in [0.15, 0.2) is 0 Å². The number of anilines is 1. The number of hydrogen-bond acceptors (Lipinski definition) is 2. The van der Waals surface area contributed by atoms with Crippen molar-refractivity contribution in [3.63, 3.8) is 0 Å². The maximum Gasteiger partial charge on any atom is 0.250 e. The zero-order chi connectivity index (χ0) is 18.9. The summed E-state index contributed by atoms with van der Waals surface area (Å²) >= 11 is 0. The monoisotopic (exact) mass is 357 g/mol. The molecule has 3 heteroatoms. The van der Waals surface area contributed by atoms with E-state index < -0.39 is 0 Å². The van der Waals surface area contributed by atoms with Crippen molar-refractivity contribution in [1.29, 1.82) is 0 Å². The van der Waals surface area contributed by atoms with Crippen LogP contribution in [-0.2, 0) is 11.2 Å². The van der Waals surface area contributed by atoms with Crippen molar-refractivity contribution >= 4 is 17.7 Å². The second-order valence-corrected chi connectivity index (χ2v) is 6.17. The molecule has 0 radical (unpaired) electrons. The van der Waals surface area contributed by atoms with E-state index in [9.17, 15) is 4.79 Å². The number of benzene rings is 3. The molecule has 0 heterocycles. The minimum absolute atomic E-state index is 0.0291. The zero-order valence-corrected chi connectivity index (χ0v) is 15.4. The molecule has 0 unspecified atom stereocenters. The fourth-order valence-electron chi connectivity index (χ4n) is 2.83. The molecule has 3 nitrogen and oxygen atoms in total. The molecule has 3 aromatic rings. The summed E-state index contributed by atoms with van der Waals surface area (Å²) in [5, 5.41) is 0. The molecule has 136 valence electrons. The number of carbonyl (C=O) groups excluding carboxylic acids is 1. The van der Waals surface area contributed by atoms with Crippen molar-refractivity contribution in [2.75, 3.05) is 18.6 Å². The Labute approximate surface area is 160 Å². The first-order chi connectivity index (χ1) is 13.3. The summed E-state index contributed by atoms with van der Waals surface area (Å²) in [7, 11) is 1.66. The Bertz CT molecular complexity index is 871. The van der Waals surface area contributed by atoms with Gasteiger partial charge in [-0.25, -0.2) is 0 Å². The third-order valence-corrected chi connectivity index (χ3v) is 4.33. The molecular formula is C24H23NO2. The number of ether oxygens (including phenoxy) is 1. The standard InChI is InChI=1S/C24H23NO2/c1-27-23-15-12-21(13-16-23)18-19-25(22-10-6-3-7-11-22)24(26)17-14-20-8-4-2-5-9-20/h2-17H,18-19H2,1H3/b17-14+. The minimum atomic E-state index is -0.0291. The summed E-state index contributed by atoms with van der Waals surface area (Å²) in [6, 6.07) is 27.6. The summed E-state index contributed by atoms with van der Waals surface area (Å²) in [4.78, 5) is 14.7. The quantitative estimate of drug-likeness (QED) is 0.558. The third-order valence-electron chi connectivity index (χ3n) is 4.33. The van der Waals surface area contributed by atoms with Gasteiger partial charge >= 0.3 is 0 Å². The molecule has 0 fully saturated rings. The van der Waals surface area contributed by atoms with Crippen LogP contribution in [0.5, 0.6) is 5.75 Å². The SMILES string of the molecule is COc1ccc(CCN(C(=O)/C=C/c2ccccc2)c2ccccc2)cc1. The van der Waals surface area contributed by atoms with Gasteiger partial charge in [0.1, 0.15) is 5.75 Å². The van der Waals surface area contributed by atoms with E-state index in [4.69, 9.17) is 4.74 Å². The van der Waals surface area contributed by atoms with Crippen LogP contribution in [0.3, 0.4) is 0 Å². The Balaban J connectivity index is 1.74. The molecule has 0 atom stereocenters. The summed E-state index contributed by atoms with van der Waals surface area (Å²) in [5.74, 6) is 0.805. The third kappa shape index (κ3) is 5.32. The van der Waals surface area contributed by atoms with Gasteiger partial charge in [-0.3, -0.25) is 4.79 Å². The van der Waals surface area contributed by atoms with Gasteiger partial charge in [0.2, 0.25) is 0 Å². The van der Waals surface area contributed by atoms with Crippen LogP contribution in [0.4, 0.5) is 5.69 Å². The van der Waals surface area contributed by atoms with Gasteiger partial charge in [0, 0.05) is 18.3 Å². The summed E-state index contributed by atoms with van der Waals surface area (Å²) in [6.07, 6.45) is 4.26. The Morgan fingerprint density at radius 3 is 2.15 bits per heavy atom. The maximum absolute atomic E-state index is 12.9. The van der Waals surface area contributed by atoms with Crippen LogP contribution < -0.4 is 9.64 Å². The maximum atomic E-state index is 12.9. The molecule has 0 saturated carbocycles. The van der Waals surface area contributed by atoms with Crippen molar-refractivity contribution in [1.82, 2.24) is 0 Å². The number of amides is 1. The normalized spacial score (nSPS) is 10.7. The van der Waals surface area contributed by atoms with Gasteiger partial charge in [0.25, 0.3) is 5.91 Å². The van der Waals surface area contributed by atoms with Crippen molar-refractivity contribution in [2.24, 2.45) is 0 Å². The molecule has 0 aliphatic rings. The number of para-hydroxylation sites is 1. The van der Waals surface area contributed by atoms with Crippen LogP contribution in [0.1, 0.15) is 11.1 Å². The Kier molecular flexibility index (Phi) is 6.42. The van der Waals surface area contributed by atoms with Crippen molar-refractivity contribution in [3.8, 4) is 5.75 Å². The summed E-state index contributed by atoms with van der Waals surface area (Å²) in [5.41, 5.74) is 3.07. The highest BCUT2D eigenvalue weighted by molar-refractivity contribution is 6.03. The molecule has 3 aromatic carbocycles. The number of nitrogens with zero attached hydrogens (tertiary/aromatic N) is 1. The molecule has 0 aromatic heterocycles. The molecule has 0 bridgehead atoms. The highest BCUT2D eigenvalue weighted by Crippen LogP contribution is 2.17. The van der Waals surface area contributed by atoms with Crippen LogP contribution in [0.15, 0.2) is 91.0 Å². The van der Waals surface area contributed by atoms with Crippen LogP contribution in [0.2, 0.25) is 0 Å². The summed E-state index contributed by atoms with van der Waals surface area (Å²) < 4.78 is 5.20. The fraction of sp³-hybridized carbons (Fsp3) is 0.125. The lowest BCUT2D eigenvalue weighted by molar-refractivity contribution is -0.114. The van der Waals surface area contributed by atoms with Gasteiger partial charge in [0.05, 0.1) is 7.11 Å². The minimum Gasteiger partial charge on any atom is -0.497 e. The lowest BCUT2D eigenvalue weighted by Crippen LogP contribution is -2.31. The van der Waals surface area contributed by atoms with Gasteiger partial charge in [-0.15, -0.1) is 0 Å². The van der Waals surface area contributed by atoms with Crippen LogP contribution in [0.25, 0.3) is 6.08 Å². The van der Waals surface area contributed by atoms with E-state index in [2.05, 4.69) is 0 Å². The summed E-state index contributed by atoms with van der Waals surface area (Å²) in [6.45, 7) is 0.605. The van der Waals surface area contributed by atoms with E-state index in [0.717, 1.165) is 29.0 Å². The molecule has 3 rings (SSSR count). The molecule has 0 N–H and O–H groups in total.